The summed E-state index contributed by atoms with van der Waals surface area (Å²) in [6.07, 6.45) is 4.40. The van der Waals surface area contributed by atoms with Crippen LogP contribution in [0.3, 0.4) is 0 Å². The highest BCUT2D eigenvalue weighted by atomic mass is 16.2. The summed E-state index contributed by atoms with van der Waals surface area (Å²) < 4.78 is 0. The van der Waals surface area contributed by atoms with Crippen LogP contribution in [0.4, 0.5) is 0 Å². The molecule has 4 rings (SSSR count). The number of nitrogens with one attached hydrogen (secondary N) is 2. The first-order valence-electron chi connectivity index (χ1n) is 5.83. The van der Waals surface area contributed by atoms with Gasteiger partial charge in [-0.2, -0.15) is 0 Å². The Balaban J connectivity index is 1.77. The molecule has 1 aliphatic carbocycles. The summed E-state index contributed by atoms with van der Waals surface area (Å²) in [6, 6.07) is 3.25. The van der Waals surface area contributed by atoms with Gasteiger partial charge in [0.05, 0.1) is 0 Å². The van der Waals surface area contributed by atoms with Crippen molar-refractivity contribution in [2.24, 2.45) is 5.92 Å². The van der Waals surface area contributed by atoms with Crippen molar-refractivity contribution in [3.8, 4) is 0 Å². The van der Waals surface area contributed by atoms with Gasteiger partial charge in [0.25, 0.3) is 5.91 Å². The van der Waals surface area contributed by atoms with Crippen molar-refractivity contribution >= 4 is 11.8 Å². The van der Waals surface area contributed by atoms with E-state index >= 15 is 0 Å². The van der Waals surface area contributed by atoms with Gasteiger partial charge >= 0.3 is 0 Å². The van der Waals surface area contributed by atoms with Gasteiger partial charge in [-0.3, -0.25) is 14.6 Å². The molecule has 0 unspecified atom stereocenters. The number of aromatic nitrogens is 1. The third kappa shape index (κ3) is 1.51. The molecule has 5 heteroatoms. The highest BCUT2D eigenvalue weighted by Crippen LogP contribution is 2.45. The lowest BCUT2D eigenvalue weighted by Gasteiger charge is -2.51. The van der Waals surface area contributed by atoms with Gasteiger partial charge in [-0.1, -0.05) is 6.58 Å². The number of pyridine rings is 1. The van der Waals surface area contributed by atoms with Gasteiger partial charge in [0, 0.05) is 29.6 Å². The topological polar surface area (TPSA) is 71.1 Å². The van der Waals surface area contributed by atoms with Gasteiger partial charge in [0.1, 0.15) is 5.54 Å². The van der Waals surface area contributed by atoms with Crippen LogP contribution in [0.5, 0.6) is 0 Å². The molecule has 1 aromatic heterocycles. The molecule has 0 radical (unpaired) electrons. The molecule has 0 atom stereocenters. The molecule has 1 aromatic rings. The van der Waals surface area contributed by atoms with E-state index in [0.29, 0.717) is 24.3 Å². The molecule has 5 nitrogen and oxygen atoms in total. The summed E-state index contributed by atoms with van der Waals surface area (Å²) in [7, 11) is 0. The van der Waals surface area contributed by atoms with E-state index in [4.69, 9.17) is 0 Å². The number of carbonyl (C=O) groups is 2. The molecule has 3 aliphatic rings. The van der Waals surface area contributed by atoms with Gasteiger partial charge in [-0.15, -0.1) is 0 Å². The fraction of sp³-hybridized carbons (Fsp3) is 0.308. The molecular weight excluding hydrogens is 230 g/mol. The highest BCUT2D eigenvalue weighted by Gasteiger charge is 2.56. The van der Waals surface area contributed by atoms with Crippen LogP contribution in [-0.2, 0) is 4.79 Å². The van der Waals surface area contributed by atoms with Gasteiger partial charge in [-0.25, -0.2) is 0 Å². The Morgan fingerprint density at radius 2 is 2.11 bits per heavy atom. The van der Waals surface area contributed by atoms with E-state index in [9.17, 15) is 9.59 Å². The van der Waals surface area contributed by atoms with E-state index in [1.807, 2.05) is 0 Å². The average molecular weight is 243 g/mol. The second-order valence-electron chi connectivity index (χ2n) is 4.86. The lowest BCUT2D eigenvalue weighted by atomic mass is 9.63. The first-order valence-corrected chi connectivity index (χ1v) is 5.83. The van der Waals surface area contributed by atoms with Crippen LogP contribution in [0, 0.1) is 5.92 Å². The number of carbonyl (C=O) groups excluding carboxylic acids is 2. The second kappa shape index (κ2) is 3.66. The summed E-state index contributed by atoms with van der Waals surface area (Å²) in [5.74, 6) is -0.101. The number of hydrogen-bond acceptors (Lipinski definition) is 3. The monoisotopic (exact) mass is 243 g/mol. The number of hydrogen-bond donors (Lipinski definition) is 2. The third-order valence-electron chi connectivity index (χ3n) is 3.69. The van der Waals surface area contributed by atoms with Crippen molar-refractivity contribution in [1.82, 2.24) is 15.6 Å². The molecule has 3 fully saturated rings. The molecule has 2 bridgehead atoms. The minimum absolute atomic E-state index is 0.155. The summed E-state index contributed by atoms with van der Waals surface area (Å²) in [6.45, 7) is 3.80. The molecule has 2 aliphatic heterocycles. The predicted molar refractivity (Wildman–Crippen MR) is 64.4 cm³/mol. The number of amides is 2. The molecule has 2 amide bonds. The minimum atomic E-state index is -0.744. The first kappa shape index (κ1) is 11.0. The van der Waals surface area contributed by atoms with E-state index < -0.39 is 5.54 Å². The smallest absolute Gasteiger partial charge is 0.252 e. The Morgan fingerprint density at radius 3 is 2.72 bits per heavy atom. The van der Waals surface area contributed by atoms with Crippen molar-refractivity contribution in [3.63, 3.8) is 0 Å². The summed E-state index contributed by atoms with van der Waals surface area (Å²) >= 11 is 0. The normalized spacial score (nSPS) is 29.2. The van der Waals surface area contributed by atoms with E-state index in [0.717, 1.165) is 5.70 Å². The maximum Gasteiger partial charge on any atom is 0.252 e. The van der Waals surface area contributed by atoms with Gasteiger partial charge in [0.2, 0.25) is 5.91 Å². The zero-order valence-corrected chi connectivity index (χ0v) is 9.77. The molecule has 0 aromatic carbocycles. The van der Waals surface area contributed by atoms with Crippen LogP contribution in [0.25, 0.3) is 0 Å². The number of piperidine rings is 2. The highest BCUT2D eigenvalue weighted by molar-refractivity contribution is 6.00. The van der Waals surface area contributed by atoms with Crippen LogP contribution >= 0.6 is 0 Å². The molecule has 92 valence electrons. The SMILES string of the molecule is C=C1NC(=O)C2(NC(=O)c3ccncc3)CC1C2. The fourth-order valence-electron chi connectivity index (χ4n) is 2.53. The lowest BCUT2D eigenvalue weighted by Crippen LogP contribution is -2.70. The van der Waals surface area contributed by atoms with Crippen LogP contribution in [-0.4, -0.2) is 22.3 Å². The van der Waals surface area contributed by atoms with Crippen LogP contribution in [0.1, 0.15) is 23.2 Å². The zero-order valence-electron chi connectivity index (χ0n) is 9.77. The Hall–Kier alpha value is -2.17. The van der Waals surface area contributed by atoms with Crippen molar-refractivity contribution in [2.75, 3.05) is 0 Å². The van der Waals surface area contributed by atoms with E-state index in [1.165, 1.54) is 0 Å². The third-order valence-corrected chi connectivity index (χ3v) is 3.69. The minimum Gasteiger partial charge on any atom is -0.338 e. The molecule has 0 spiro atoms. The van der Waals surface area contributed by atoms with E-state index in [-0.39, 0.29) is 11.8 Å². The maximum absolute atomic E-state index is 12.0. The van der Waals surface area contributed by atoms with Gasteiger partial charge in [0.15, 0.2) is 0 Å². The molecule has 2 N–H and O–H groups in total. The zero-order chi connectivity index (χ0) is 12.8. The Kier molecular flexibility index (Phi) is 2.23. The standard InChI is InChI=1S/C13H13N3O2/c1-8-10-6-13(7-10,12(18)15-8)16-11(17)9-2-4-14-5-3-9/h2-5,10H,1,6-7H2,(H,15,18)(H,16,17). The maximum atomic E-state index is 12.0. The van der Waals surface area contributed by atoms with Gasteiger partial charge < -0.3 is 10.6 Å². The number of fused-ring (bicyclic) bond motifs is 2. The number of nitrogens with zero attached hydrogens (tertiary/aromatic N) is 1. The van der Waals surface area contributed by atoms with E-state index in [1.54, 1.807) is 24.5 Å². The van der Waals surface area contributed by atoms with Crippen molar-refractivity contribution in [2.45, 2.75) is 18.4 Å². The Labute approximate surface area is 104 Å². The predicted octanol–water partition coefficient (Wildman–Crippen LogP) is 0.604. The lowest BCUT2D eigenvalue weighted by molar-refractivity contribution is -0.135. The molecular formula is C13H13N3O2. The van der Waals surface area contributed by atoms with Crippen LogP contribution < -0.4 is 10.6 Å². The summed E-state index contributed by atoms with van der Waals surface area (Å²) in [5, 5.41) is 5.54. The average Bonchev–Trinajstić information content (AvgIpc) is 2.32. The van der Waals surface area contributed by atoms with E-state index in [2.05, 4.69) is 22.2 Å². The molecule has 2 saturated heterocycles. The van der Waals surface area contributed by atoms with Crippen LogP contribution in [0.15, 0.2) is 36.8 Å². The van der Waals surface area contributed by atoms with Crippen LogP contribution in [0.2, 0.25) is 0 Å². The number of rotatable bonds is 2. The molecule has 3 heterocycles. The first-order chi connectivity index (χ1) is 8.61. The van der Waals surface area contributed by atoms with Gasteiger partial charge in [-0.05, 0) is 25.0 Å². The Bertz CT molecular complexity index is 532. The summed E-state index contributed by atoms with van der Waals surface area (Å²) in [5.41, 5.74) is 0.534. The molecule has 1 saturated carbocycles. The summed E-state index contributed by atoms with van der Waals surface area (Å²) in [4.78, 5) is 27.8. The largest absolute Gasteiger partial charge is 0.338 e. The second-order valence-corrected chi connectivity index (χ2v) is 4.86. The molecule has 18 heavy (non-hydrogen) atoms. The van der Waals surface area contributed by atoms with Crippen molar-refractivity contribution in [3.05, 3.63) is 42.4 Å². The number of allylic oxidation sites excluding steroid dienone is 1. The van der Waals surface area contributed by atoms with Crippen molar-refractivity contribution in [1.29, 1.82) is 0 Å². The fourth-order valence-corrected chi connectivity index (χ4v) is 2.53. The quantitative estimate of drug-likeness (QED) is 0.799. The Morgan fingerprint density at radius 1 is 1.44 bits per heavy atom. The van der Waals surface area contributed by atoms with Crippen molar-refractivity contribution < 1.29 is 9.59 Å².